The lowest BCUT2D eigenvalue weighted by molar-refractivity contribution is -0.123. The second-order valence-electron chi connectivity index (χ2n) is 4.62. The molecule has 0 radical (unpaired) electrons. The second-order valence-corrected chi connectivity index (χ2v) is 4.62. The number of amides is 1. The van der Waals surface area contributed by atoms with Gasteiger partial charge in [-0.05, 0) is 32.6 Å². The molecule has 4 nitrogen and oxygen atoms in total. The smallest absolute Gasteiger partial charge is 0.237 e. The Morgan fingerprint density at radius 2 is 2.00 bits per heavy atom. The van der Waals surface area contributed by atoms with E-state index in [4.69, 9.17) is 5.11 Å². The summed E-state index contributed by atoms with van der Waals surface area (Å²) in [4.78, 5) is 11.6. The molecule has 1 aliphatic rings. The highest BCUT2D eigenvalue weighted by molar-refractivity contribution is 5.81. The van der Waals surface area contributed by atoms with Gasteiger partial charge in [0.2, 0.25) is 5.91 Å². The highest BCUT2D eigenvalue weighted by Gasteiger charge is 2.26. The summed E-state index contributed by atoms with van der Waals surface area (Å²) in [7, 11) is 0. The van der Waals surface area contributed by atoms with Crippen LogP contribution in [0.15, 0.2) is 0 Å². The third-order valence-corrected chi connectivity index (χ3v) is 2.97. The van der Waals surface area contributed by atoms with Gasteiger partial charge in [-0.1, -0.05) is 6.92 Å². The van der Waals surface area contributed by atoms with E-state index in [2.05, 4.69) is 10.6 Å². The van der Waals surface area contributed by atoms with Crippen LogP contribution < -0.4 is 10.6 Å². The second kappa shape index (κ2) is 5.47. The molecular formula is C11H22N2O2. The number of hydrogen-bond donors (Lipinski definition) is 3. The number of carbonyl (C=O) groups excluding carboxylic acids is 1. The lowest BCUT2D eigenvalue weighted by Gasteiger charge is -2.23. The average Bonchev–Trinajstić information content (AvgIpc) is 3.00. The van der Waals surface area contributed by atoms with E-state index in [9.17, 15) is 4.79 Å². The molecule has 0 spiro atoms. The van der Waals surface area contributed by atoms with Crippen LogP contribution in [0.4, 0.5) is 0 Å². The predicted octanol–water partition coefficient (Wildman–Crippen LogP) is 0.260. The largest absolute Gasteiger partial charge is 0.396 e. The van der Waals surface area contributed by atoms with E-state index >= 15 is 0 Å². The maximum Gasteiger partial charge on any atom is 0.237 e. The molecule has 3 N–H and O–H groups in total. The molecule has 1 rings (SSSR count). The maximum absolute atomic E-state index is 11.6. The number of aliphatic hydroxyl groups is 1. The number of nitrogens with one attached hydrogen (secondary N) is 2. The molecule has 1 saturated carbocycles. The lowest BCUT2D eigenvalue weighted by Crippen LogP contribution is -2.48. The monoisotopic (exact) mass is 214 g/mol. The zero-order chi connectivity index (χ0) is 11.4. The zero-order valence-electron chi connectivity index (χ0n) is 9.79. The predicted molar refractivity (Wildman–Crippen MR) is 59.5 cm³/mol. The van der Waals surface area contributed by atoms with Crippen molar-refractivity contribution < 1.29 is 9.90 Å². The Bertz CT molecular complexity index is 217. The van der Waals surface area contributed by atoms with Crippen molar-refractivity contribution in [2.75, 3.05) is 6.61 Å². The quantitative estimate of drug-likeness (QED) is 0.594. The first-order chi connectivity index (χ1) is 7.04. The van der Waals surface area contributed by atoms with Crippen LogP contribution in [0.25, 0.3) is 0 Å². The number of hydrogen-bond acceptors (Lipinski definition) is 3. The van der Waals surface area contributed by atoms with Gasteiger partial charge in [0.05, 0.1) is 6.04 Å². The summed E-state index contributed by atoms with van der Waals surface area (Å²) in [6.07, 6.45) is 2.22. The van der Waals surface area contributed by atoms with Crippen molar-refractivity contribution in [2.24, 2.45) is 5.92 Å². The van der Waals surface area contributed by atoms with Crippen molar-refractivity contribution >= 4 is 5.91 Å². The van der Waals surface area contributed by atoms with Gasteiger partial charge in [-0.15, -0.1) is 0 Å². The Labute approximate surface area is 91.4 Å². The molecule has 15 heavy (non-hydrogen) atoms. The van der Waals surface area contributed by atoms with Crippen molar-refractivity contribution in [3.8, 4) is 0 Å². The normalized spacial score (nSPS) is 21.9. The van der Waals surface area contributed by atoms with Gasteiger partial charge < -0.3 is 15.7 Å². The van der Waals surface area contributed by atoms with E-state index in [0.717, 1.165) is 12.8 Å². The van der Waals surface area contributed by atoms with Crippen molar-refractivity contribution in [1.29, 1.82) is 0 Å². The fourth-order valence-corrected chi connectivity index (χ4v) is 1.35. The van der Waals surface area contributed by atoms with Gasteiger partial charge in [0.15, 0.2) is 0 Å². The molecule has 0 aromatic heterocycles. The molecule has 4 heteroatoms. The highest BCUT2D eigenvalue weighted by Crippen LogP contribution is 2.18. The lowest BCUT2D eigenvalue weighted by atomic mass is 10.0. The minimum atomic E-state index is -0.186. The Morgan fingerprint density at radius 3 is 2.47 bits per heavy atom. The Balaban J connectivity index is 2.26. The first kappa shape index (κ1) is 12.5. The summed E-state index contributed by atoms with van der Waals surface area (Å²) in [6, 6.07) is 0.372. The van der Waals surface area contributed by atoms with Crippen LogP contribution in [0.5, 0.6) is 0 Å². The summed E-state index contributed by atoms with van der Waals surface area (Å²) in [5, 5.41) is 15.1. The third-order valence-electron chi connectivity index (χ3n) is 2.97. The first-order valence-corrected chi connectivity index (χ1v) is 5.72. The molecule has 1 fully saturated rings. The molecule has 0 bridgehead atoms. The van der Waals surface area contributed by atoms with Crippen LogP contribution >= 0.6 is 0 Å². The molecule has 0 heterocycles. The van der Waals surface area contributed by atoms with E-state index in [-0.39, 0.29) is 30.5 Å². The Hall–Kier alpha value is -0.610. The van der Waals surface area contributed by atoms with Crippen molar-refractivity contribution in [2.45, 2.75) is 51.7 Å². The van der Waals surface area contributed by atoms with Crippen LogP contribution in [0.2, 0.25) is 0 Å². The van der Waals surface area contributed by atoms with Crippen LogP contribution in [-0.2, 0) is 4.79 Å². The molecule has 0 aromatic carbocycles. The minimum absolute atomic E-state index is 0.0643. The molecule has 1 amide bonds. The fourth-order valence-electron chi connectivity index (χ4n) is 1.35. The van der Waals surface area contributed by atoms with Crippen LogP contribution in [0, 0.1) is 5.92 Å². The molecular weight excluding hydrogens is 192 g/mol. The van der Waals surface area contributed by atoms with Gasteiger partial charge in [-0.3, -0.25) is 4.79 Å². The molecule has 88 valence electrons. The third kappa shape index (κ3) is 4.18. The van der Waals surface area contributed by atoms with Gasteiger partial charge in [-0.25, -0.2) is 0 Å². The minimum Gasteiger partial charge on any atom is -0.396 e. The van der Waals surface area contributed by atoms with Crippen molar-refractivity contribution in [1.82, 2.24) is 10.6 Å². The molecule has 3 unspecified atom stereocenters. The fraction of sp³-hybridized carbons (Fsp3) is 0.909. The maximum atomic E-state index is 11.6. The van der Waals surface area contributed by atoms with Crippen LogP contribution in [0.3, 0.4) is 0 Å². The van der Waals surface area contributed by atoms with Crippen LogP contribution in [0.1, 0.15) is 33.6 Å². The molecule has 0 aliphatic heterocycles. The SMILES string of the molecule is CC(NC(C)C(C)CO)C(=O)NC1CC1. The summed E-state index contributed by atoms with van der Waals surface area (Å²) < 4.78 is 0. The molecule has 0 saturated heterocycles. The summed E-state index contributed by atoms with van der Waals surface area (Å²) >= 11 is 0. The van der Waals surface area contributed by atoms with Gasteiger partial charge >= 0.3 is 0 Å². The van der Waals surface area contributed by atoms with Gasteiger partial charge in [-0.2, -0.15) is 0 Å². The Morgan fingerprint density at radius 1 is 1.40 bits per heavy atom. The summed E-state index contributed by atoms with van der Waals surface area (Å²) in [5.41, 5.74) is 0. The standard InChI is InChI=1S/C11H22N2O2/c1-7(6-14)8(2)12-9(3)11(15)13-10-4-5-10/h7-10,12,14H,4-6H2,1-3H3,(H,13,15). The zero-order valence-corrected chi connectivity index (χ0v) is 9.79. The highest BCUT2D eigenvalue weighted by atomic mass is 16.3. The van der Waals surface area contributed by atoms with E-state index < -0.39 is 0 Å². The van der Waals surface area contributed by atoms with E-state index in [1.165, 1.54) is 0 Å². The topological polar surface area (TPSA) is 61.4 Å². The molecule has 3 atom stereocenters. The van der Waals surface area contributed by atoms with Gasteiger partial charge in [0.1, 0.15) is 0 Å². The van der Waals surface area contributed by atoms with Gasteiger partial charge in [0.25, 0.3) is 0 Å². The van der Waals surface area contributed by atoms with Crippen LogP contribution in [-0.4, -0.2) is 35.7 Å². The molecule has 1 aliphatic carbocycles. The van der Waals surface area contributed by atoms with Gasteiger partial charge in [0, 0.05) is 18.7 Å². The number of rotatable bonds is 6. The number of carbonyl (C=O) groups is 1. The molecule has 0 aromatic rings. The Kier molecular flexibility index (Phi) is 4.54. The van der Waals surface area contributed by atoms with Crippen molar-refractivity contribution in [3.05, 3.63) is 0 Å². The van der Waals surface area contributed by atoms with E-state index in [0.29, 0.717) is 6.04 Å². The average molecular weight is 214 g/mol. The summed E-state index contributed by atoms with van der Waals surface area (Å²) in [5.74, 6) is 0.232. The number of aliphatic hydroxyl groups excluding tert-OH is 1. The van der Waals surface area contributed by atoms with E-state index in [1.54, 1.807) is 0 Å². The first-order valence-electron chi connectivity index (χ1n) is 5.72. The summed E-state index contributed by atoms with van der Waals surface area (Å²) in [6.45, 7) is 5.95. The van der Waals surface area contributed by atoms with Crippen molar-refractivity contribution in [3.63, 3.8) is 0 Å². The van der Waals surface area contributed by atoms with E-state index in [1.807, 2.05) is 20.8 Å².